The number of pyridine rings is 1. The SMILES string of the molecule is CCN(c1cccc(C)c1)c1ccc(C(=O)NCc2ccccn2)nn1. The van der Waals surface area contributed by atoms with Gasteiger partial charge in [0.1, 0.15) is 0 Å². The minimum Gasteiger partial charge on any atom is -0.345 e. The lowest BCUT2D eigenvalue weighted by molar-refractivity contribution is 0.0944. The van der Waals surface area contributed by atoms with Gasteiger partial charge in [-0.05, 0) is 55.8 Å². The van der Waals surface area contributed by atoms with E-state index in [1.54, 1.807) is 12.3 Å². The van der Waals surface area contributed by atoms with Gasteiger partial charge in [-0.25, -0.2) is 0 Å². The lowest BCUT2D eigenvalue weighted by Crippen LogP contribution is -2.25. The second-order valence-electron chi connectivity index (χ2n) is 5.86. The molecule has 1 amide bonds. The van der Waals surface area contributed by atoms with Gasteiger partial charge < -0.3 is 10.2 Å². The smallest absolute Gasteiger partial charge is 0.272 e. The maximum atomic E-state index is 12.2. The largest absolute Gasteiger partial charge is 0.345 e. The number of nitrogens with zero attached hydrogens (tertiary/aromatic N) is 4. The molecule has 0 unspecified atom stereocenters. The molecule has 2 heterocycles. The number of nitrogens with one attached hydrogen (secondary N) is 1. The Hall–Kier alpha value is -3.28. The molecule has 0 spiro atoms. The van der Waals surface area contributed by atoms with Gasteiger partial charge in [0.2, 0.25) is 0 Å². The van der Waals surface area contributed by atoms with E-state index in [2.05, 4.69) is 51.4 Å². The molecule has 2 aromatic heterocycles. The number of carbonyl (C=O) groups is 1. The number of carbonyl (C=O) groups excluding carboxylic acids is 1. The van der Waals surface area contributed by atoms with Crippen LogP contribution in [0, 0.1) is 6.92 Å². The van der Waals surface area contributed by atoms with Gasteiger partial charge in [0.25, 0.3) is 5.91 Å². The first kappa shape index (κ1) is 17.5. The first-order chi connectivity index (χ1) is 12.7. The molecule has 0 fully saturated rings. The first-order valence-electron chi connectivity index (χ1n) is 8.53. The van der Waals surface area contributed by atoms with Gasteiger partial charge in [0.15, 0.2) is 11.5 Å². The average molecular weight is 347 g/mol. The molecule has 0 atom stereocenters. The molecule has 0 aliphatic heterocycles. The molecule has 0 bridgehead atoms. The fraction of sp³-hybridized carbons (Fsp3) is 0.200. The van der Waals surface area contributed by atoms with E-state index in [-0.39, 0.29) is 11.6 Å². The van der Waals surface area contributed by atoms with Gasteiger partial charge in [-0.15, -0.1) is 10.2 Å². The van der Waals surface area contributed by atoms with E-state index in [0.29, 0.717) is 12.4 Å². The summed E-state index contributed by atoms with van der Waals surface area (Å²) in [5.41, 5.74) is 3.31. The van der Waals surface area contributed by atoms with Crippen molar-refractivity contribution in [3.63, 3.8) is 0 Å². The van der Waals surface area contributed by atoms with E-state index < -0.39 is 0 Å². The van der Waals surface area contributed by atoms with Crippen molar-refractivity contribution in [2.45, 2.75) is 20.4 Å². The highest BCUT2D eigenvalue weighted by atomic mass is 16.1. The molecule has 132 valence electrons. The maximum absolute atomic E-state index is 12.2. The van der Waals surface area contributed by atoms with Gasteiger partial charge in [0.05, 0.1) is 12.2 Å². The van der Waals surface area contributed by atoms with Crippen molar-refractivity contribution in [3.8, 4) is 0 Å². The summed E-state index contributed by atoms with van der Waals surface area (Å²) < 4.78 is 0. The average Bonchev–Trinajstić information content (AvgIpc) is 2.68. The third kappa shape index (κ3) is 4.22. The predicted octanol–water partition coefficient (Wildman–Crippen LogP) is 3.27. The molecule has 1 aromatic carbocycles. The number of hydrogen-bond donors (Lipinski definition) is 1. The van der Waals surface area contributed by atoms with E-state index in [4.69, 9.17) is 0 Å². The van der Waals surface area contributed by atoms with Crippen molar-refractivity contribution in [2.75, 3.05) is 11.4 Å². The van der Waals surface area contributed by atoms with Crippen molar-refractivity contribution >= 4 is 17.4 Å². The molecule has 26 heavy (non-hydrogen) atoms. The summed E-state index contributed by atoms with van der Waals surface area (Å²) >= 11 is 0. The molecule has 0 radical (unpaired) electrons. The Kier molecular flexibility index (Phi) is 5.53. The van der Waals surface area contributed by atoms with E-state index in [1.807, 2.05) is 36.4 Å². The molecular formula is C20H21N5O. The quantitative estimate of drug-likeness (QED) is 0.741. The van der Waals surface area contributed by atoms with Crippen molar-refractivity contribution in [1.82, 2.24) is 20.5 Å². The van der Waals surface area contributed by atoms with Crippen LogP contribution in [0.15, 0.2) is 60.8 Å². The van der Waals surface area contributed by atoms with Crippen molar-refractivity contribution in [1.29, 1.82) is 0 Å². The molecule has 3 rings (SSSR count). The van der Waals surface area contributed by atoms with E-state index in [0.717, 1.165) is 17.9 Å². The van der Waals surface area contributed by atoms with Crippen LogP contribution in [0.5, 0.6) is 0 Å². The van der Waals surface area contributed by atoms with Crippen LogP contribution in [0.4, 0.5) is 11.5 Å². The van der Waals surface area contributed by atoms with Crippen molar-refractivity contribution < 1.29 is 4.79 Å². The number of hydrogen-bond acceptors (Lipinski definition) is 5. The van der Waals surface area contributed by atoms with Gasteiger partial charge in [-0.1, -0.05) is 18.2 Å². The summed E-state index contributed by atoms with van der Waals surface area (Å²) in [6, 6.07) is 17.3. The van der Waals surface area contributed by atoms with Crippen LogP contribution in [-0.4, -0.2) is 27.6 Å². The number of benzene rings is 1. The molecule has 6 nitrogen and oxygen atoms in total. The lowest BCUT2D eigenvalue weighted by Gasteiger charge is -2.22. The predicted molar refractivity (Wildman–Crippen MR) is 101 cm³/mol. The highest BCUT2D eigenvalue weighted by Gasteiger charge is 2.12. The maximum Gasteiger partial charge on any atom is 0.272 e. The molecule has 6 heteroatoms. The molecule has 1 N–H and O–H groups in total. The minimum absolute atomic E-state index is 0.270. The summed E-state index contributed by atoms with van der Waals surface area (Å²) in [5.74, 6) is 0.438. The van der Waals surface area contributed by atoms with Crippen LogP contribution < -0.4 is 10.2 Å². The van der Waals surface area contributed by atoms with Gasteiger partial charge in [-0.2, -0.15) is 0 Å². The fourth-order valence-electron chi connectivity index (χ4n) is 2.63. The normalized spacial score (nSPS) is 10.4. The Morgan fingerprint density at radius 3 is 2.62 bits per heavy atom. The lowest BCUT2D eigenvalue weighted by atomic mass is 10.2. The van der Waals surface area contributed by atoms with Crippen LogP contribution in [0.2, 0.25) is 0 Å². The Balaban J connectivity index is 1.70. The first-order valence-corrected chi connectivity index (χ1v) is 8.53. The third-order valence-corrected chi connectivity index (χ3v) is 3.95. The highest BCUT2D eigenvalue weighted by molar-refractivity contribution is 5.92. The zero-order valence-electron chi connectivity index (χ0n) is 14.9. The van der Waals surface area contributed by atoms with Crippen LogP contribution in [0.3, 0.4) is 0 Å². The Bertz CT molecular complexity index is 865. The standard InChI is InChI=1S/C20H21N5O/c1-3-25(17-9-6-7-15(2)13-17)19-11-10-18(23-24-19)20(26)22-14-16-8-4-5-12-21-16/h4-13H,3,14H2,1-2H3,(H,22,26). The van der Waals surface area contributed by atoms with Gasteiger partial charge in [0, 0.05) is 18.4 Å². The number of rotatable bonds is 6. The van der Waals surface area contributed by atoms with E-state index in [9.17, 15) is 4.79 Å². The van der Waals surface area contributed by atoms with Crippen LogP contribution in [-0.2, 0) is 6.54 Å². The van der Waals surface area contributed by atoms with Crippen molar-refractivity contribution in [3.05, 3.63) is 77.7 Å². The Morgan fingerprint density at radius 1 is 1.08 bits per heavy atom. The van der Waals surface area contributed by atoms with Gasteiger partial charge >= 0.3 is 0 Å². The number of aromatic nitrogens is 3. The number of aryl methyl sites for hydroxylation is 1. The highest BCUT2D eigenvalue weighted by Crippen LogP contribution is 2.23. The number of amides is 1. The second kappa shape index (κ2) is 8.20. The molecule has 0 saturated carbocycles. The van der Waals surface area contributed by atoms with E-state index in [1.165, 1.54) is 5.56 Å². The summed E-state index contributed by atoms with van der Waals surface area (Å²) in [4.78, 5) is 18.5. The van der Waals surface area contributed by atoms with Gasteiger partial charge in [-0.3, -0.25) is 9.78 Å². The summed E-state index contributed by atoms with van der Waals surface area (Å²) in [5, 5.41) is 11.1. The Morgan fingerprint density at radius 2 is 1.96 bits per heavy atom. The molecule has 0 aliphatic rings. The number of anilines is 2. The van der Waals surface area contributed by atoms with Crippen molar-refractivity contribution in [2.24, 2.45) is 0 Å². The Labute approximate surface area is 152 Å². The zero-order chi connectivity index (χ0) is 18.4. The fourth-order valence-corrected chi connectivity index (χ4v) is 2.63. The van der Waals surface area contributed by atoms with Crippen LogP contribution in [0.1, 0.15) is 28.7 Å². The van der Waals surface area contributed by atoms with Crippen LogP contribution >= 0.6 is 0 Å². The zero-order valence-corrected chi connectivity index (χ0v) is 14.9. The summed E-state index contributed by atoms with van der Waals surface area (Å²) in [6.45, 7) is 5.21. The summed E-state index contributed by atoms with van der Waals surface area (Å²) in [6.07, 6.45) is 1.70. The van der Waals surface area contributed by atoms with Crippen LogP contribution in [0.25, 0.3) is 0 Å². The molecule has 0 aliphatic carbocycles. The van der Waals surface area contributed by atoms with E-state index >= 15 is 0 Å². The third-order valence-electron chi connectivity index (χ3n) is 3.95. The topological polar surface area (TPSA) is 71.0 Å². The molecule has 0 saturated heterocycles. The minimum atomic E-state index is -0.270. The summed E-state index contributed by atoms with van der Waals surface area (Å²) in [7, 11) is 0. The monoisotopic (exact) mass is 347 g/mol. The molecular weight excluding hydrogens is 326 g/mol. The second-order valence-corrected chi connectivity index (χ2v) is 5.86. The molecule has 3 aromatic rings.